The minimum Gasteiger partial charge on any atom is -0.496 e. The molecule has 8 heteroatoms. The van der Waals surface area contributed by atoms with Crippen LogP contribution in [0.4, 0.5) is 0 Å². The van der Waals surface area contributed by atoms with E-state index < -0.39 is 30.3 Å². The predicted molar refractivity (Wildman–Crippen MR) is 91.4 cm³/mol. The summed E-state index contributed by atoms with van der Waals surface area (Å²) in [6.07, 6.45) is 0. The van der Waals surface area contributed by atoms with Crippen LogP contribution < -0.4 is 10.2 Å². The van der Waals surface area contributed by atoms with Crippen molar-refractivity contribution in [3.05, 3.63) is 23.3 Å². The Bertz CT molecular complexity index is 680. The van der Waals surface area contributed by atoms with Crippen molar-refractivity contribution in [2.75, 3.05) is 21.3 Å². The molecule has 0 bridgehead atoms. The third-order valence-electron chi connectivity index (χ3n) is 4.70. The maximum absolute atomic E-state index is 12.2. The molecule has 1 saturated heterocycles. The maximum atomic E-state index is 12.2. The molecule has 0 saturated carbocycles. The third-order valence-corrected chi connectivity index (χ3v) is 4.70. The summed E-state index contributed by atoms with van der Waals surface area (Å²) < 4.78 is 27.1. The van der Waals surface area contributed by atoms with Gasteiger partial charge in [-0.2, -0.15) is 0 Å². The van der Waals surface area contributed by atoms with E-state index in [1.807, 2.05) is 27.7 Å². The van der Waals surface area contributed by atoms with Gasteiger partial charge in [-0.1, -0.05) is 0 Å². The van der Waals surface area contributed by atoms with E-state index in [0.717, 1.165) is 0 Å². The summed E-state index contributed by atoms with van der Waals surface area (Å²) in [6.45, 7) is 7.56. The number of carbonyl (C=O) groups excluding carboxylic acids is 2. The van der Waals surface area contributed by atoms with Crippen LogP contribution in [0.15, 0.2) is 12.1 Å². The topological polar surface area (TPSA) is 80.3 Å². The Morgan fingerprint density at radius 1 is 0.880 bits per heavy atom. The van der Waals surface area contributed by atoms with Crippen LogP contribution in [0.2, 0.25) is 0 Å². The fraction of sp³-hybridized carbons (Fsp3) is 0.529. The highest BCUT2D eigenvalue weighted by molar-refractivity contribution is 6.65. The number of hydrogen-bond donors (Lipinski definition) is 0. The van der Waals surface area contributed by atoms with Gasteiger partial charge in [0.2, 0.25) is 0 Å². The molecule has 136 valence electrons. The molecule has 0 amide bonds. The van der Waals surface area contributed by atoms with Gasteiger partial charge >= 0.3 is 19.1 Å². The van der Waals surface area contributed by atoms with Crippen molar-refractivity contribution < 1.29 is 33.1 Å². The van der Waals surface area contributed by atoms with Crippen LogP contribution in [0.25, 0.3) is 0 Å². The van der Waals surface area contributed by atoms with E-state index in [1.54, 1.807) is 0 Å². The molecule has 0 radical (unpaired) electrons. The molecule has 0 spiro atoms. The molecule has 0 aromatic heterocycles. The van der Waals surface area contributed by atoms with E-state index in [2.05, 4.69) is 0 Å². The van der Waals surface area contributed by atoms with Crippen molar-refractivity contribution >= 4 is 24.5 Å². The first-order valence-corrected chi connectivity index (χ1v) is 7.82. The second-order valence-electron chi connectivity index (χ2n) is 6.68. The smallest absolute Gasteiger partial charge is 0.496 e. The van der Waals surface area contributed by atoms with Crippen LogP contribution in [0, 0.1) is 0 Å². The molecule has 1 aliphatic rings. The van der Waals surface area contributed by atoms with Crippen LogP contribution in [-0.2, 0) is 18.8 Å². The Kier molecular flexibility index (Phi) is 5.15. The monoisotopic (exact) mass is 350 g/mol. The lowest BCUT2D eigenvalue weighted by atomic mass is 9.74. The largest absolute Gasteiger partial charge is 0.499 e. The summed E-state index contributed by atoms with van der Waals surface area (Å²) in [5, 5.41) is 0. The Morgan fingerprint density at radius 2 is 1.32 bits per heavy atom. The molecule has 1 aromatic rings. The molecule has 1 fully saturated rings. The highest BCUT2D eigenvalue weighted by Gasteiger charge is 2.53. The Balaban J connectivity index is 2.68. The average Bonchev–Trinajstić information content (AvgIpc) is 2.79. The van der Waals surface area contributed by atoms with Crippen molar-refractivity contribution in [1.29, 1.82) is 0 Å². The van der Waals surface area contributed by atoms with Crippen molar-refractivity contribution in [3.63, 3.8) is 0 Å². The minimum absolute atomic E-state index is 0.160. The highest BCUT2D eigenvalue weighted by Crippen LogP contribution is 2.38. The van der Waals surface area contributed by atoms with Crippen molar-refractivity contribution in [2.45, 2.75) is 38.9 Å². The summed E-state index contributed by atoms with van der Waals surface area (Å²) >= 11 is 0. The van der Waals surface area contributed by atoms with Crippen LogP contribution in [0.3, 0.4) is 0 Å². The second kappa shape index (κ2) is 6.69. The van der Waals surface area contributed by atoms with Gasteiger partial charge in [-0.25, -0.2) is 9.59 Å². The van der Waals surface area contributed by atoms with E-state index >= 15 is 0 Å². The molecule has 0 N–H and O–H groups in total. The Morgan fingerprint density at radius 3 is 1.76 bits per heavy atom. The SMILES string of the molecule is COC(=O)c1ccc(C(=O)OC)c(B2OC(C)(C)C(C)(C)O2)c1OC. The number of benzene rings is 1. The molecule has 1 aromatic carbocycles. The third kappa shape index (κ3) is 3.24. The molecular weight excluding hydrogens is 327 g/mol. The number of hydrogen-bond acceptors (Lipinski definition) is 7. The zero-order chi connectivity index (χ0) is 19.0. The minimum atomic E-state index is -0.904. The van der Waals surface area contributed by atoms with Gasteiger partial charge in [0.25, 0.3) is 0 Å². The normalized spacial score (nSPS) is 18.0. The standard InChI is InChI=1S/C17H23BO7/c1-16(2)17(3,4)25-18(24-16)12-10(14(19)22-6)8-9-11(13(12)21-5)15(20)23-7/h8-9H,1-7H3. The molecule has 0 atom stereocenters. The molecule has 2 rings (SSSR count). The number of rotatable bonds is 4. The lowest BCUT2D eigenvalue weighted by molar-refractivity contribution is 0.00578. The maximum Gasteiger partial charge on any atom is 0.499 e. The van der Waals surface area contributed by atoms with Gasteiger partial charge in [-0.3, -0.25) is 0 Å². The van der Waals surface area contributed by atoms with Crippen LogP contribution in [-0.4, -0.2) is 51.6 Å². The Hall–Kier alpha value is -2.06. The fourth-order valence-electron chi connectivity index (χ4n) is 2.57. The molecule has 0 unspecified atom stereocenters. The second-order valence-corrected chi connectivity index (χ2v) is 6.68. The molecule has 0 aliphatic carbocycles. The van der Waals surface area contributed by atoms with Crippen LogP contribution in [0.1, 0.15) is 48.4 Å². The fourth-order valence-corrected chi connectivity index (χ4v) is 2.57. The van der Waals surface area contributed by atoms with Crippen LogP contribution in [0.5, 0.6) is 5.75 Å². The molecule has 25 heavy (non-hydrogen) atoms. The molecule has 1 heterocycles. The van der Waals surface area contributed by atoms with Crippen molar-refractivity contribution in [3.8, 4) is 5.75 Å². The lowest BCUT2D eigenvalue weighted by Gasteiger charge is -2.32. The van der Waals surface area contributed by atoms with E-state index in [4.69, 9.17) is 23.5 Å². The lowest BCUT2D eigenvalue weighted by Crippen LogP contribution is -2.41. The summed E-state index contributed by atoms with van der Waals surface area (Å²) in [5.41, 5.74) is -0.585. The number of methoxy groups -OCH3 is 3. The van der Waals surface area contributed by atoms with Gasteiger partial charge in [0.15, 0.2) is 0 Å². The number of esters is 2. The first-order chi connectivity index (χ1) is 11.6. The molecule has 7 nitrogen and oxygen atoms in total. The van der Waals surface area contributed by atoms with Crippen LogP contribution >= 0.6 is 0 Å². The summed E-state index contributed by atoms with van der Waals surface area (Å²) in [6, 6.07) is 2.92. The quantitative estimate of drug-likeness (QED) is 0.602. The highest BCUT2D eigenvalue weighted by atomic mass is 16.7. The summed E-state index contributed by atoms with van der Waals surface area (Å²) in [4.78, 5) is 24.3. The van der Waals surface area contributed by atoms with E-state index in [9.17, 15) is 9.59 Å². The summed E-state index contributed by atoms with van der Waals surface area (Å²) in [5.74, 6) is -1.02. The number of ether oxygens (including phenoxy) is 3. The van der Waals surface area contributed by atoms with Crippen molar-refractivity contribution in [1.82, 2.24) is 0 Å². The van der Waals surface area contributed by atoms with Gasteiger partial charge in [-0.05, 0) is 39.8 Å². The van der Waals surface area contributed by atoms with Gasteiger partial charge in [-0.15, -0.1) is 0 Å². The first kappa shape index (κ1) is 19.3. The molecular formula is C17H23BO7. The van der Waals surface area contributed by atoms with E-state index in [-0.39, 0.29) is 16.9 Å². The zero-order valence-corrected chi connectivity index (χ0v) is 15.6. The van der Waals surface area contributed by atoms with Gasteiger partial charge in [0, 0.05) is 5.46 Å². The summed E-state index contributed by atoms with van der Waals surface area (Å²) in [7, 11) is 3.04. The van der Waals surface area contributed by atoms with Gasteiger partial charge < -0.3 is 23.5 Å². The average molecular weight is 350 g/mol. The predicted octanol–water partition coefficient (Wildman–Crippen LogP) is 1.57. The van der Waals surface area contributed by atoms with Crippen molar-refractivity contribution in [2.24, 2.45) is 0 Å². The van der Waals surface area contributed by atoms with E-state index in [1.165, 1.54) is 33.5 Å². The Labute approximate surface area is 147 Å². The first-order valence-electron chi connectivity index (χ1n) is 7.82. The van der Waals surface area contributed by atoms with Gasteiger partial charge in [0.1, 0.15) is 11.3 Å². The molecule has 1 aliphatic heterocycles. The zero-order valence-electron chi connectivity index (χ0n) is 15.6. The van der Waals surface area contributed by atoms with E-state index in [0.29, 0.717) is 5.46 Å². The van der Waals surface area contributed by atoms with Gasteiger partial charge in [0.05, 0.1) is 38.1 Å². The number of carbonyl (C=O) groups is 2.